The summed E-state index contributed by atoms with van der Waals surface area (Å²) < 4.78 is 0. The molecule has 5 rings (SSSR count). The fraction of sp³-hybridized carbons (Fsp3) is 0.0357. The molecule has 0 bridgehead atoms. The van der Waals surface area contributed by atoms with Crippen LogP contribution in [0.15, 0.2) is 85.2 Å². The largest absolute Gasteiger partial charge is 3.00 e. The first-order valence-electron chi connectivity index (χ1n) is 11.0. The molecule has 13 heteroatoms. The van der Waals surface area contributed by atoms with Crippen LogP contribution in [-0.2, 0) is 19.5 Å². The SMILES string of the molecule is CC(=O)c1ccc(-c2ccc(-c3cc(-c4ccccn4)nc(-c4ccccn4)c3)s2)s1.[N-]=C=S.[N-]=C=S.[N-]=C=S.[Ru+3]. The number of thiophene rings is 2. The summed E-state index contributed by atoms with van der Waals surface area (Å²) in [5, 5.41) is 25.4. The van der Waals surface area contributed by atoms with E-state index in [9.17, 15) is 4.79 Å². The molecular weight excluding hydrogens is 698 g/mol. The number of hydrogen-bond donors (Lipinski definition) is 0. The molecule has 0 saturated heterocycles. The maximum Gasteiger partial charge on any atom is 3.00 e. The van der Waals surface area contributed by atoms with Crippen LogP contribution in [0.3, 0.4) is 0 Å². The maximum atomic E-state index is 11.7. The first-order chi connectivity index (χ1) is 19.4. The van der Waals surface area contributed by atoms with Gasteiger partial charge in [-0.05, 0) is 73.2 Å². The van der Waals surface area contributed by atoms with E-state index in [4.69, 9.17) is 21.2 Å². The number of rotatable bonds is 5. The second-order valence-electron chi connectivity index (χ2n) is 7.21. The van der Waals surface area contributed by atoms with Gasteiger partial charge in [-0.3, -0.25) is 14.8 Å². The van der Waals surface area contributed by atoms with Crippen molar-refractivity contribution >= 4 is 80.6 Å². The Morgan fingerprint density at radius 3 is 1.54 bits per heavy atom. The normalized spacial score (nSPS) is 8.80. The van der Waals surface area contributed by atoms with Crippen LogP contribution in [0, 0.1) is 0 Å². The Kier molecular flexibility index (Phi) is 17.0. The van der Waals surface area contributed by atoms with E-state index in [1.165, 1.54) is 26.8 Å². The van der Waals surface area contributed by atoms with Gasteiger partial charge in [-0.15, -0.1) is 22.7 Å². The van der Waals surface area contributed by atoms with Crippen molar-refractivity contribution in [3.05, 3.63) is 106 Å². The Hall–Kier alpha value is -3.46. The predicted octanol–water partition coefficient (Wildman–Crippen LogP) is 8.84. The van der Waals surface area contributed by atoms with Crippen LogP contribution in [0.2, 0.25) is 0 Å². The molecule has 0 fully saturated rings. The second-order valence-corrected chi connectivity index (χ2v) is 9.93. The van der Waals surface area contributed by atoms with Crippen LogP contribution in [0.4, 0.5) is 0 Å². The standard InChI is InChI=1S/C25H17N3OS2.3CNS.Ru/c1-16(29)22-8-10-24(30-22)25-11-9-23(31-25)17-14-20(18-6-2-4-12-26-18)28-21(15-17)19-7-3-5-13-27-19;3*2-1-3;/h2-15H,1H3;;;;/q;3*-1;+3. The van der Waals surface area contributed by atoms with Gasteiger partial charge >= 0.3 is 19.5 Å². The molecule has 41 heavy (non-hydrogen) atoms. The van der Waals surface area contributed by atoms with Crippen molar-refractivity contribution in [1.82, 2.24) is 15.0 Å². The van der Waals surface area contributed by atoms with Crippen LogP contribution >= 0.6 is 59.3 Å². The van der Waals surface area contributed by atoms with Gasteiger partial charge in [0, 0.05) is 27.0 Å². The molecule has 0 aliphatic rings. The van der Waals surface area contributed by atoms with E-state index in [1.807, 2.05) is 48.5 Å². The number of Topliss-reactive ketones (excluding diaryl/α,β-unsaturated/α-hetero) is 1. The van der Waals surface area contributed by atoms with E-state index in [0.29, 0.717) is 0 Å². The summed E-state index contributed by atoms with van der Waals surface area (Å²) in [6.07, 6.45) is 3.55. The van der Waals surface area contributed by atoms with Crippen molar-refractivity contribution in [3.63, 3.8) is 0 Å². The monoisotopic (exact) mass is 715 g/mol. The minimum atomic E-state index is 0. The molecule has 0 amide bonds. The van der Waals surface area contributed by atoms with Gasteiger partial charge in [-0.1, -0.05) is 48.8 Å². The molecule has 0 aromatic carbocycles. The van der Waals surface area contributed by atoms with Gasteiger partial charge in [-0.25, -0.2) is 4.98 Å². The molecule has 5 heterocycles. The number of carbonyl (C=O) groups excluding carboxylic acids is 1. The third kappa shape index (κ3) is 11.1. The van der Waals surface area contributed by atoms with Gasteiger partial charge < -0.3 is 16.2 Å². The summed E-state index contributed by atoms with van der Waals surface area (Å²) in [5.41, 5.74) is 4.33. The molecule has 0 unspecified atom stereocenters. The summed E-state index contributed by atoms with van der Waals surface area (Å²) in [5.74, 6) is 0.0992. The number of isothiocyanates is 3. The van der Waals surface area contributed by atoms with Gasteiger partial charge in [0.1, 0.15) is 0 Å². The summed E-state index contributed by atoms with van der Waals surface area (Å²) in [6, 6.07) is 23.9. The van der Waals surface area contributed by atoms with Gasteiger partial charge in [0.25, 0.3) is 0 Å². The molecule has 0 aliphatic heterocycles. The number of thiocarbonyl (C=S) groups is 3. The second kappa shape index (κ2) is 19.6. The van der Waals surface area contributed by atoms with Crippen LogP contribution < -0.4 is 0 Å². The van der Waals surface area contributed by atoms with E-state index in [2.05, 4.69) is 70.9 Å². The van der Waals surface area contributed by atoms with E-state index in [0.717, 1.165) is 47.8 Å². The van der Waals surface area contributed by atoms with Crippen molar-refractivity contribution in [3.8, 4) is 43.0 Å². The maximum absolute atomic E-state index is 11.7. The molecule has 0 N–H and O–H groups in total. The van der Waals surface area contributed by atoms with Crippen LogP contribution in [-0.4, -0.2) is 36.2 Å². The third-order valence-electron chi connectivity index (χ3n) is 4.77. The number of hydrogen-bond acceptors (Lipinski definition) is 9. The Morgan fingerprint density at radius 1 is 0.683 bits per heavy atom. The van der Waals surface area contributed by atoms with Gasteiger partial charge in [-0.2, -0.15) is 15.5 Å². The topological polar surface area (TPSA) is 123 Å². The summed E-state index contributed by atoms with van der Waals surface area (Å²) in [7, 11) is 0. The Morgan fingerprint density at radius 2 is 1.12 bits per heavy atom. The predicted molar refractivity (Wildman–Crippen MR) is 175 cm³/mol. The third-order valence-corrected chi connectivity index (χ3v) is 7.28. The van der Waals surface area contributed by atoms with Crippen molar-refractivity contribution < 1.29 is 24.3 Å². The smallest absolute Gasteiger partial charge is 0.753 e. The van der Waals surface area contributed by atoms with Crippen molar-refractivity contribution in [2.45, 2.75) is 6.92 Å². The quantitative estimate of drug-likeness (QED) is 0.0772. The van der Waals surface area contributed by atoms with E-state index in [1.54, 1.807) is 30.7 Å². The Balaban J connectivity index is 0.000000750. The molecular formula is C28H17N6ORuS5. The minimum absolute atomic E-state index is 0. The van der Waals surface area contributed by atoms with Crippen LogP contribution in [0.25, 0.3) is 59.2 Å². The number of ketones is 1. The average molecular weight is 715 g/mol. The molecule has 203 valence electrons. The van der Waals surface area contributed by atoms with Crippen molar-refractivity contribution in [2.75, 3.05) is 0 Å². The Bertz CT molecular complexity index is 1570. The van der Waals surface area contributed by atoms with Crippen molar-refractivity contribution in [2.24, 2.45) is 0 Å². The van der Waals surface area contributed by atoms with E-state index >= 15 is 0 Å². The van der Waals surface area contributed by atoms with Gasteiger partial charge in [0.2, 0.25) is 0 Å². The number of carbonyl (C=O) groups is 1. The number of aromatic nitrogens is 3. The fourth-order valence-corrected chi connectivity index (χ4v) is 5.23. The first kappa shape index (κ1) is 35.6. The van der Waals surface area contributed by atoms with Crippen molar-refractivity contribution in [1.29, 1.82) is 0 Å². The van der Waals surface area contributed by atoms with E-state index < -0.39 is 0 Å². The average Bonchev–Trinajstić information content (AvgIpc) is 3.66. The van der Waals surface area contributed by atoms with Gasteiger partial charge in [0.15, 0.2) is 5.78 Å². The summed E-state index contributed by atoms with van der Waals surface area (Å²) >= 11 is 14.3. The number of nitrogens with zero attached hydrogens (tertiary/aromatic N) is 6. The first-order valence-corrected chi connectivity index (χ1v) is 13.9. The van der Waals surface area contributed by atoms with Crippen LogP contribution in [0.5, 0.6) is 0 Å². The Labute approximate surface area is 274 Å². The molecule has 0 saturated carbocycles. The molecule has 5 aromatic heterocycles. The zero-order valence-electron chi connectivity index (χ0n) is 21.1. The van der Waals surface area contributed by atoms with E-state index in [-0.39, 0.29) is 25.3 Å². The molecule has 1 radical (unpaired) electrons. The minimum Gasteiger partial charge on any atom is -0.753 e. The molecule has 7 nitrogen and oxygen atoms in total. The fourth-order valence-electron chi connectivity index (χ4n) is 3.25. The number of pyridine rings is 3. The molecule has 0 atom stereocenters. The van der Waals surface area contributed by atoms with Gasteiger partial charge in [0.05, 0.1) is 27.7 Å². The molecule has 5 aromatic rings. The molecule has 0 spiro atoms. The van der Waals surface area contributed by atoms with Crippen LogP contribution in [0.1, 0.15) is 16.6 Å². The summed E-state index contributed by atoms with van der Waals surface area (Å²) in [4.78, 5) is 29.6. The summed E-state index contributed by atoms with van der Waals surface area (Å²) in [6.45, 7) is 1.60. The zero-order valence-corrected chi connectivity index (χ0v) is 26.9. The zero-order chi connectivity index (χ0) is 29.3. The molecule has 0 aliphatic carbocycles.